The number of rotatable bonds is 9. The molecule has 0 aromatic carbocycles. The van der Waals surface area contributed by atoms with Gasteiger partial charge in [-0.3, -0.25) is 9.69 Å². The van der Waals surface area contributed by atoms with Crippen LogP contribution in [0.15, 0.2) is 0 Å². The highest BCUT2D eigenvalue weighted by molar-refractivity contribution is 5.84. The van der Waals surface area contributed by atoms with Crippen molar-refractivity contribution < 1.29 is 62.2 Å². The Kier molecular flexibility index (Phi) is 7.37. The number of amides is 1. The topological polar surface area (TPSA) is 41.6 Å². The zero-order chi connectivity index (χ0) is 22.9. The van der Waals surface area contributed by atoms with Crippen LogP contribution in [0.1, 0.15) is 0 Å². The van der Waals surface area contributed by atoms with Gasteiger partial charge in [-0.15, -0.1) is 0 Å². The van der Waals surface area contributed by atoms with Crippen molar-refractivity contribution in [2.24, 2.45) is 0 Å². The van der Waals surface area contributed by atoms with Crippen LogP contribution in [-0.2, 0) is 9.53 Å². The number of ether oxygens (including phenoxy) is 1. The lowest BCUT2D eigenvalue weighted by Gasteiger charge is -2.38. The molecule has 1 heterocycles. The summed E-state index contributed by atoms with van der Waals surface area (Å²) in [5, 5.41) is 1.10. The van der Waals surface area contributed by atoms with Gasteiger partial charge in [-0.1, -0.05) is 0 Å². The van der Waals surface area contributed by atoms with Gasteiger partial charge < -0.3 is 10.1 Å². The van der Waals surface area contributed by atoms with Gasteiger partial charge in [0.05, 0.1) is 13.2 Å². The van der Waals surface area contributed by atoms with Crippen LogP contribution in [0, 0.1) is 0 Å². The fourth-order valence-corrected chi connectivity index (χ4v) is 2.15. The van der Waals surface area contributed by atoms with Crippen LogP contribution in [0.5, 0.6) is 0 Å². The molecule has 172 valence electrons. The molecule has 1 rings (SSSR count). The normalized spacial score (nSPS) is 18.2. The number of hydrogen-bond acceptors (Lipinski definition) is 3. The maximum Gasteiger partial charge on any atom is 0.392 e. The van der Waals surface area contributed by atoms with E-state index in [0.717, 1.165) is 5.32 Å². The minimum absolute atomic E-state index is 0.210. The largest absolute Gasteiger partial charge is 0.392 e. The average Bonchev–Trinajstić information content (AvgIpc) is 2.61. The fourth-order valence-electron chi connectivity index (χ4n) is 2.15. The molecule has 0 saturated carbocycles. The third kappa shape index (κ3) is 4.36. The highest BCUT2D eigenvalue weighted by Gasteiger charge is 2.89. The summed E-state index contributed by atoms with van der Waals surface area (Å²) in [5.74, 6) is -39.7. The van der Waals surface area contributed by atoms with Crippen LogP contribution < -0.4 is 5.32 Å². The number of nitrogens with zero attached hydrogens (tertiary/aromatic N) is 1. The summed E-state index contributed by atoms with van der Waals surface area (Å²) >= 11 is 0. The first-order chi connectivity index (χ1) is 12.9. The minimum Gasteiger partial charge on any atom is -0.379 e. The smallest absolute Gasteiger partial charge is 0.379 e. The number of halogens is 12. The first-order valence-electron chi connectivity index (χ1n) is 7.70. The number of hydrogen-bond donors (Lipinski definition) is 1. The van der Waals surface area contributed by atoms with Gasteiger partial charge in [0.1, 0.15) is 0 Å². The molecule has 1 saturated heterocycles. The third-order valence-electron chi connectivity index (χ3n) is 3.98. The zero-order valence-corrected chi connectivity index (χ0v) is 14.1. The fraction of sp³-hybridized carbons (Fsp3) is 0.923. The van der Waals surface area contributed by atoms with Gasteiger partial charge in [-0.05, 0) is 0 Å². The van der Waals surface area contributed by atoms with E-state index < -0.39 is 48.5 Å². The maximum absolute atomic E-state index is 13.5. The molecule has 0 aromatic rings. The van der Waals surface area contributed by atoms with Crippen molar-refractivity contribution >= 4 is 5.91 Å². The summed E-state index contributed by atoms with van der Waals surface area (Å²) in [6.07, 6.45) is -5.59. The Morgan fingerprint density at radius 1 is 0.862 bits per heavy atom. The van der Waals surface area contributed by atoms with E-state index in [0.29, 0.717) is 0 Å². The Balaban J connectivity index is 2.99. The molecule has 16 heteroatoms. The van der Waals surface area contributed by atoms with E-state index in [1.165, 1.54) is 4.90 Å². The SMILES string of the molecule is O=C(NCCN1CCOCC1)C(F)(F)C(F)(F)C(F)(F)C(F)(F)C(F)(F)C(F)F. The number of carbonyl (C=O) groups excluding carboxylic acids is 1. The second-order valence-corrected chi connectivity index (χ2v) is 5.93. The molecule has 1 aliphatic heterocycles. The predicted molar refractivity (Wildman–Crippen MR) is 71.0 cm³/mol. The van der Waals surface area contributed by atoms with Crippen molar-refractivity contribution in [3.63, 3.8) is 0 Å². The van der Waals surface area contributed by atoms with E-state index in [1.807, 2.05) is 0 Å². The summed E-state index contributed by atoms with van der Waals surface area (Å²) in [5.41, 5.74) is 0. The zero-order valence-electron chi connectivity index (χ0n) is 14.1. The summed E-state index contributed by atoms with van der Waals surface area (Å²) < 4.78 is 161. The van der Waals surface area contributed by atoms with Crippen LogP contribution in [-0.4, -0.2) is 86.2 Å². The molecule has 4 nitrogen and oxygen atoms in total. The standard InChI is InChI=1S/C13H14F12N2O2/c14-7(15)9(16,17)11(20,21)13(24,25)12(22,23)10(18,19)8(28)26-1-2-27-3-5-29-6-4-27/h7H,1-6H2,(H,26,28). The van der Waals surface area contributed by atoms with Crippen LogP contribution >= 0.6 is 0 Å². The molecule has 1 fully saturated rings. The molecule has 0 bridgehead atoms. The van der Waals surface area contributed by atoms with Crippen LogP contribution in [0.25, 0.3) is 0 Å². The van der Waals surface area contributed by atoms with Crippen molar-refractivity contribution in [2.75, 3.05) is 39.4 Å². The van der Waals surface area contributed by atoms with Crippen LogP contribution in [0.2, 0.25) is 0 Å². The Labute approximate surface area is 155 Å². The van der Waals surface area contributed by atoms with E-state index in [-0.39, 0.29) is 32.8 Å². The predicted octanol–water partition coefficient (Wildman–Crippen LogP) is 2.88. The lowest BCUT2D eigenvalue weighted by Crippen LogP contribution is -2.71. The van der Waals surface area contributed by atoms with Gasteiger partial charge in [-0.2, -0.15) is 43.9 Å². The Morgan fingerprint density at radius 3 is 1.79 bits per heavy atom. The second-order valence-electron chi connectivity index (χ2n) is 5.93. The lowest BCUT2D eigenvalue weighted by atomic mass is 9.94. The van der Waals surface area contributed by atoms with E-state index in [2.05, 4.69) is 0 Å². The quantitative estimate of drug-likeness (QED) is 0.541. The van der Waals surface area contributed by atoms with E-state index in [1.54, 1.807) is 0 Å². The Hall–Kier alpha value is -1.45. The summed E-state index contributed by atoms with van der Waals surface area (Å²) in [4.78, 5) is 12.7. The van der Waals surface area contributed by atoms with Gasteiger partial charge >= 0.3 is 36.0 Å². The molecule has 29 heavy (non-hydrogen) atoms. The molecular formula is C13H14F12N2O2. The van der Waals surface area contributed by atoms with Gasteiger partial charge in [0.15, 0.2) is 0 Å². The molecule has 0 atom stereocenters. The molecule has 0 aliphatic carbocycles. The van der Waals surface area contributed by atoms with E-state index in [4.69, 9.17) is 4.74 Å². The van der Waals surface area contributed by atoms with E-state index in [9.17, 15) is 57.5 Å². The Bertz CT molecular complexity index is 578. The molecule has 1 N–H and O–H groups in total. The van der Waals surface area contributed by atoms with Crippen molar-refractivity contribution in [2.45, 2.75) is 36.0 Å². The van der Waals surface area contributed by atoms with Crippen LogP contribution in [0.3, 0.4) is 0 Å². The highest BCUT2D eigenvalue weighted by atomic mass is 19.4. The molecule has 1 amide bonds. The first-order valence-corrected chi connectivity index (χ1v) is 7.70. The summed E-state index contributed by atoms with van der Waals surface area (Å²) in [6, 6.07) is 0. The molecule has 0 radical (unpaired) electrons. The monoisotopic (exact) mass is 458 g/mol. The Morgan fingerprint density at radius 2 is 1.34 bits per heavy atom. The molecular weight excluding hydrogens is 444 g/mol. The average molecular weight is 458 g/mol. The number of morpholine rings is 1. The molecule has 0 unspecified atom stereocenters. The number of nitrogens with one attached hydrogen (secondary N) is 1. The molecule has 1 aliphatic rings. The van der Waals surface area contributed by atoms with Crippen molar-refractivity contribution in [3.8, 4) is 0 Å². The van der Waals surface area contributed by atoms with Gasteiger partial charge in [0.2, 0.25) is 0 Å². The third-order valence-corrected chi connectivity index (χ3v) is 3.98. The van der Waals surface area contributed by atoms with Gasteiger partial charge in [0.25, 0.3) is 5.91 Å². The van der Waals surface area contributed by atoms with Gasteiger partial charge in [-0.25, -0.2) is 8.78 Å². The van der Waals surface area contributed by atoms with Gasteiger partial charge in [0, 0.05) is 26.2 Å². The highest BCUT2D eigenvalue weighted by Crippen LogP contribution is 2.58. The summed E-state index contributed by atoms with van der Waals surface area (Å²) in [6.45, 7) is -0.152. The van der Waals surface area contributed by atoms with Crippen molar-refractivity contribution in [1.29, 1.82) is 0 Å². The van der Waals surface area contributed by atoms with Crippen molar-refractivity contribution in [1.82, 2.24) is 10.2 Å². The van der Waals surface area contributed by atoms with Crippen LogP contribution in [0.4, 0.5) is 52.7 Å². The lowest BCUT2D eigenvalue weighted by molar-refractivity contribution is -0.407. The second kappa shape index (κ2) is 8.35. The minimum atomic E-state index is -7.72. The van der Waals surface area contributed by atoms with Crippen molar-refractivity contribution in [3.05, 3.63) is 0 Å². The first kappa shape index (κ1) is 25.6. The summed E-state index contributed by atoms with van der Waals surface area (Å²) in [7, 11) is 0. The maximum atomic E-state index is 13.5. The molecule has 0 aromatic heterocycles. The van der Waals surface area contributed by atoms with E-state index >= 15 is 0 Å². The number of carbonyl (C=O) groups is 1. The molecule has 0 spiro atoms. The number of alkyl halides is 12.